The lowest BCUT2D eigenvalue weighted by Crippen LogP contribution is -2.25. The van der Waals surface area contributed by atoms with E-state index in [-0.39, 0.29) is 5.60 Å². The van der Waals surface area contributed by atoms with Crippen molar-refractivity contribution in [3.05, 3.63) is 58.1 Å². The van der Waals surface area contributed by atoms with Gasteiger partial charge in [-0.3, -0.25) is 0 Å². The van der Waals surface area contributed by atoms with Gasteiger partial charge in [0.05, 0.1) is 0 Å². The van der Waals surface area contributed by atoms with Gasteiger partial charge in [-0.1, -0.05) is 35.9 Å². The molecule has 0 fully saturated rings. The molecule has 1 heterocycles. The molecule has 3 heteroatoms. The van der Waals surface area contributed by atoms with E-state index in [4.69, 9.17) is 16.3 Å². The van der Waals surface area contributed by atoms with Crippen molar-refractivity contribution in [2.24, 2.45) is 0 Å². The molecule has 0 unspecified atom stereocenters. The van der Waals surface area contributed by atoms with Crippen LogP contribution in [0.4, 0.5) is 5.69 Å². The second kappa shape index (κ2) is 5.27. The van der Waals surface area contributed by atoms with Gasteiger partial charge in [-0.2, -0.15) is 0 Å². The third-order valence-electron chi connectivity index (χ3n) is 3.83. The number of hydrogen-bond donors (Lipinski definition) is 1. The summed E-state index contributed by atoms with van der Waals surface area (Å²) in [5.74, 6) is 1.04. The molecule has 2 nitrogen and oxygen atoms in total. The Hall–Kier alpha value is -1.67. The van der Waals surface area contributed by atoms with Crippen molar-refractivity contribution in [1.29, 1.82) is 0 Å². The molecule has 1 aliphatic rings. The zero-order chi connectivity index (χ0) is 15.0. The zero-order valence-corrected chi connectivity index (χ0v) is 13.4. The lowest BCUT2D eigenvalue weighted by Gasteiger charge is -2.18. The van der Waals surface area contributed by atoms with Gasteiger partial charge in [0.15, 0.2) is 0 Å². The van der Waals surface area contributed by atoms with Crippen molar-refractivity contribution in [2.75, 3.05) is 5.32 Å². The molecule has 1 aliphatic heterocycles. The van der Waals surface area contributed by atoms with Gasteiger partial charge in [-0.15, -0.1) is 0 Å². The van der Waals surface area contributed by atoms with Crippen LogP contribution >= 0.6 is 11.6 Å². The highest BCUT2D eigenvalue weighted by Crippen LogP contribution is 2.37. The summed E-state index contributed by atoms with van der Waals surface area (Å²) in [5, 5.41) is 4.21. The van der Waals surface area contributed by atoms with E-state index in [1.807, 2.05) is 19.1 Å². The Morgan fingerprint density at radius 1 is 1.24 bits per heavy atom. The number of benzene rings is 2. The smallest absolute Gasteiger partial charge is 0.128 e. The van der Waals surface area contributed by atoms with Crippen molar-refractivity contribution in [3.63, 3.8) is 0 Å². The topological polar surface area (TPSA) is 21.3 Å². The Morgan fingerprint density at radius 2 is 2.05 bits per heavy atom. The maximum absolute atomic E-state index is 6.16. The molecule has 0 aromatic heterocycles. The van der Waals surface area contributed by atoms with Crippen molar-refractivity contribution in [3.8, 4) is 5.75 Å². The molecule has 0 saturated heterocycles. The predicted octanol–water partition coefficient (Wildman–Crippen LogP) is 4.97. The summed E-state index contributed by atoms with van der Waals surface area (Å²) in [5.41, 5.74) is 4.50. The van der Waals surface area contributed by atoms with Crippen LogP contribution in [-0.2, 0) is 13.0 Å². The molecular formula is C18H20ClNO. The largest absolute Gasteiger partial charge is 0.487 e. The third kappa shape index (κ3) is 3.01. The lowest BCUT2D eigenvalue weighted by atomic mass is 10.0. The van der Waals surface area contributed by atoms with E-state index in [2.05, 4.69) is 43.4 Å². The highest BCUT2D eigenvalue weighted by Gasteiger charge is 2.31. The molecule has 3 rings (SSSR count). The first-order chi connectivity index (χ1) is 9.94. The monoisotopic (exact) mass is 301 g/mol. The van der Waals surface area contributed by atoms with Crippen LogP contribution in [0, 0.1) is 6.92 Å². The number of hydrogen-bond acceptors (Lipinski definition) is 2. The first-order valence-electron chi connectivity index (χ1n) is 7.24. The van der Waals surface area contributed by atoms with Gasteiger partial charge >= 0.3 is 0 Å². The SMILES string of the molecule is Cc1ccc(NCc2cccc3c2OC(C)(C)C3)cc1Cl. The van der Waals surface area contributed by atoms with Crippen LogP contribution < -0.4 is 10.1 Å². The fraction of sp³-hybridized carbons (Fsp3) is 0.333. The van der Waals surface area contributed by atoms with E-state index in [9.17, 15) is 0 Å². The molecule has 0 radical (unpaired) electrons. The number of fused-ring (bicyclic) bond motifs is 1. The number of para-hydroxylation sites is 1. The average Bonchev–Trinajstić information content (AvgIpc) is 2.74. The molecule has 0 atom stereocenters. The second-order valence-corrected chi connectivity index (χ2v) is 6.67. The minimum absolute atomic E-state index is 0.106. The number of nitrogens with one attached hydrogen (secondary N) is 1. The normalized spacial score (nSPS) is 15.4. The van der Waals surface area contributed by atoms with E-state index in [1.54, 1.807) is 0 Å². The maximum atomic E-state index is 6.16. The van der Waals surface area contributed by atoms with Gasteiger partial charge in [0.25, 0.3) is 0 Å². The number of aryl methyl sites for hydroxylation is 1. The molecule has 21 heavy (non-hydrogen) atoms. The van der Waals surface area contributed by atoms with Crippen molar-refractivity contribution in [2.45, 2.75) is 39.3 Å². The quantitative estimate of drug-likeness (QED) is 0.864. The standard InChI is InChI=1S/C18H20ClNO/c1-12-7-8-15(9-16(12)19)20-11-14-6-4-5-13-10-18(2,3)21-17(13)14/h4-9,20H,10-11H2,1-3H3. The molecule has 0 saturated carbocycles. The summed E-state index contributed by atoms with van der Waals surface area (Å²) in [4.78, 5) is 0. The van der Waals surface area contributed by atoms with Crippen LogP contribution in [0.5, 0.6) is 5.75 Å². The first-order valence-corrected chi connectivity index (χ1v) is 7.62. The summed E-state index contributed by atoms with van der Waals surface area (Å²) in [6.45, 7) is 7.00. The van der Waals surface area contributed by atoms with Gasteiger partial charge in [0.2, 0.25) is 0 Å². The molecule has 2 aromatic carbocycles. The molecule has 0 aliphatic carbocycles. The fourth-order valence-corrected chi connectivity index (χ4v) is 2.90. The Kier molecular flexibility index (Phi) is 3.58. The van der Waals surface area contributed by atoms with Gasteiger partial charge in [-0.25, -0.2) is 0 Å². The van der Waals surface area contributed by atoms with Crippen LogP contribution in [0.1, 0.15) is 30.5 Å². The fourth-order valence-electron chi connectivity index (χ4n) is 2.72. The minimum atomic E-state index is -0.106. The van der Waals surface area contributed by atoms with Crippen molar-refractivity contribution >= 4 is 17.3 Å². The summed E-state index contributed by atoms with van der Waals surface area (Å²) in [6, 6.07) is 12.4. The van der Waals surface area contributed by atoms with Gasteiger partial charge in [0.1, 0.15) is 11.4 Å². The molecular weight excluding hydrogens is 282 g/mol. The van der Waals surface area contributed by atoms with Gasteiger partial charge < -0.3 is 10.1 Å². The highest BCUT2D eigenvalue weighted by atomic mass is 35.5. The van der Waals surface area contributed by atoms with Crippen molar-refractivity contribution < 1.29 is 4.74 Å². The summed E-state index contributed by atoms with van der Waals surface area (Å²) >= 11 is 6.16. The second-order valence-electron chi connectivity index (χ2n) is 6.26. The predicted molar refractivity (Wildman–Crippen MR) is 88.4 cm³/mol. The van der Waals surface area contributed by atoms with E-state index in [1.165, 1.54) is 11.1 Å². The van der Waals surface area contributed by atoms with Crippen LogP contribution in [0.25, 0.3) is 0 Å². The van der Waals surface area contributed by atoms with Gasteiger partial charge in [0, 0.05) is 29.2 Å². The van der Waals surface area contributed by atoms with E-state index in [0.717, 1.165) is 35.0 Å². The number of rotatable bonds is 3. The Bertz CT molecular complexity index is 679. The van der Waals surface area contributed by atoms with E-state index < -0.39 is 0 Å². The van der Waals surface area contributed by atoms with E-state index >= 15 is 0 Å². The highest BCUT2D eigenvalue weighted by molar-refractivity contribution is 6.31. The molecule has 1 N–H and O–H groups in total. The summed E-state index contributed by atoms with van der Waals surface area (Å²) < 4.78 is 6.09. The minimum Gasteiger partial charge on any atom is -0.487 e. The third-order valence-corrected chi connectivity index (χ3v) is 4.23. The van der Waals surface area contributed by atoms with Crippen molar-refractivity contribution in [1.82, 2.24) is 0 Å². The summed E-state index contributed by atoms with van der Waals surface area (Å²) in [7, 11) is 0. The Balaban J connectivity index is 1.78. The first kappa shape index (κ1) is 14.3. The Morgan fingerprint density at radius 3 is 2.81 bits per heavy atom. The van der Waals surface area contributed by atoms with Crippen LogP contribution in [0.3, 0.4) is 0 Å². The molecule has 2 aromatic rings. The maximum Gasteiger partial charge on any atom is 0.128 e. The molecule has 110 valence electrons. The number of ether oxygens (including phenoxy) is 1. The molecule has 0 amide bonds. The summed E-state index contributed by atoms with van der Waals surface area (Å²) in [6.07, 6.45) is 0.965. The lowest BCUT2D eigenvalue weighted by molar-refractivity contribution is 0.137. The van der Waals surface area contributed by atoms with E-state index in [0.29, 0.717) is 0 Å². The molecule has 0 spiro atoms. The average molecular weight is 302 g/mol. The number of anilines is 1. The number of halogens is 1. The molecule has 0 bridgehead atoms. The van der Waals surface area contributed by atoms with Crippen LogP contribution in [0.2, 0.25) is 5.02 Å². The van der Waals surface area contributed by atoms with Crippen LogP contribution in [-0.4, -0.2) is 5.60 Å². The zero-order valence-electron chi connectivity index (χ0n) is 12.7. The Labute approximate surface area is 131 Å². The van der Waals surface area contributed by atoms with Gasteiger partial charge in [-0.05, 0) is 44.0 Å². The van der Waals surface area contributed by atoms with Crippen LogP contribution in [0.15, 0.2) is 36.4 Å².